The Morgan fingerprint density at radius 2 is 1.74 bits per heavy atom. The lowest BCUT2D eigenvalue weighted by Crippen LogP contribution is -2.34. The van der Waals surface area contributed by atoms with Gasteiger partial charge < -0.3 is 14.8 Å². The van der Waals surface area contributed by atoms with Gasteiger partial charge in [-0.2, -0.15) is 0 Å². The van der Waals surface area contributed by atoms with Crippen molar-refractivity contribution in [1.29, 1.82) is 0 Å². The van der Waals surface area contributed by atoms with Gasteiger partial charge in [0.15, 0.2) is 0 Å². The quantitative estimate of drug-likeness (QED) is 0.455. The standard InChI is InChI=1S/C24H27FN2O4/c1-4-30-20-9-6-5-8-19(20)26-22-21(17-10-12-18(25)13-11-17)23(28)27(24(22)29)14-7-15-31-16(2)3/h5-6,8-13,16,26H,4,7,14-15H2,1-3H3. The minimum absolute atomic E-state index is 0.0742. The summed E-state index contributed by atoms with van der Waals surface area (Å²) >= 11 is 0. The van der Waals surface area contributed by atoms with Crippen LogP contribution in [0.1, 0.15) is 32.8 Å². The van der Waals surface area contributed by atoms with E-state index in [-0.39, 0.29) is 23.9 Å². The molecule has 1 heterocycles. The van der Waals surface area contributed by atoms with Gasteiger partial charge in [0.1, 0.15) is 17.3 Å². The highest BCUT2D eigenvalue weighted by molar-refractivity contribution is 6.36. The molecule has 6 nitrogen and oxygen atoms in total. The van der Waals surface area contributed by atoms with E-state index in [9.17, 15) is 14.0 Å². The number of nitrogens with one attached hydrogen (secondary N) is 1. The number of rotatable bonds is 10. The summed E-state index contributed by atoms with van der Waals surface area (Å²) in [6.45, 7) is 6.85. The number of imide groups is 1. The maximum atomic E-state index is 13.5. The van der Waals surface area contributed by atoms with Crippen LogP contribution in [0, 0.1) is 5.82 Å². The van der Waals surface area contributed by atoms with Crippen LogP contribution in [0.3, 0.4) is 0 Å². The Hall–Kier alpha value is -3.19. The van der Waals surface area contributed by atoms with Crippen molar-refractivity contribution in [3.05, 3.63) is 65.6 Å². The minimum atomic E-state index is -0.430. The lowest BCUT2D eigenvalue weighted by atomic mass is 10.0. The maximum Gasteiger partial charge on any atom is 0.278 e. The third kappa shape index (κ3) is 5.30. The minimum Gasteiger partial charge on any atom is -0.492 e. The van der Waals surface area contributed by atoms with Crippen molar-refractivity contribution < 1.29 is 23.5 Å². The molecule has 0 aromatic heterocycles. The summed E-state index contributed by atoms with van der Waals surface area (Å²) in [5.41, 5.74) is 1.40. The molecule has 0 saturated heterocycles. The van der Waals surface area contributed by atoms with E-state index in [0.717, 1.165) is 0 Å². The first-order valence-electron chi connectivity index (χ1n) is 10.4. The number of benzene rings is 2. The molecule has 1 N–H and O–H groups in total. The Balaban J connectivity index is 1.93. The molecule has 0 spiro atoms. The number of carbonyl (C=O) groups is 2. The Kier molecular flexibility index (Phi) is 7.41. The molecule has 1 aliphatic rings. The van der Waals surface area contributed by atoms with Crippen molar-refractivity contribution in [2.45, 2.75) is 33.3 Å². The van der Waals surface area contributed by atoms with Gasteiger partial charge in [0, 0.05) is 13.2 Å². The van der Waals surface area contributed by atoms with Crippen molar-refractivity contribution in [1.82, 2.24) is 4.90 Å². The summed E-state index contributed by atoms with van der Waals surface area (Å²) in [6.07, 6.45) is 0.597. The SMILES string of the molecule is CCOc1ccccc1NC1=C(c2ccc(F)cc2)C(=O)N(CCCOC(C)C)C1=O. The fraction of sp³-hybridized carbons (Fsp3) is 0.333. The first-order valence-corrected chi connectivity index (χ1v) is 10.4. The Morgan fingerprint density at radius 1 is 1.03 bits per heavy atom. The van der Waals surface area contributed by atoms with Crippen molar-refractivity contribution >= 4 is 23.1 Å². The summed E-state index contributed by atoms with van der Waals surface area (Å²) in [6, 6.07) is 12.7. The molecule has 0 radical (unpaired) electrons. The van der Waals surface area contributed by atoms with Gasteiger partial charge in [-0.25, -0.2) is 4.39 Å². The number of amides is 2. The maximum absolute atomic E-state index is 13.5. The van der Waals surface area contributed by atoms with Crippen molar-refractivity contribution in [3.8, 4) is 5.75 Å². The highest BCUT2D eigenvalue weighted by Crippen LogP contribution is 2.33. The zero-order valence-corrected chi connectivity index (χ0v) is 18.0. The number of anilines is 1. The largest absolute Gasteiger partial charge is 0.492 e. The molecular formula is C24H27FN2O4. The summed E-state index contributed by atoms with van der Waals surface area (Å²) in [7, 11) is 0. The lowest BCUT2D eigenvalue weighted by Gasteiger charge is -2.16. The van der Waals surface area contributed by atoms with Gasteiger partial charge >= 0.3 is 0 Å². The van der Waals surface area contributed by atoms with Gasteiger partial charge in [0.05, 0.1) is 24.0 Å². The Morgan fingerprint density at radius 3 is 2.42 bits per heavy atom. The van der Waals surface area contributed by atoms with E-state index in [4.69, 9.17) is 9.47 Å². The van der Waals surface area contributed by atoms with Crippen LogP contribution >= 0.6 is 0 Å². The molecule has 2 amide bonds. The first-order chi connectivity index (χ1) is 14.9. The molecular weight excluding hydrogens is 399 g/mol. The summed E-state index contributed by atoms with van der Waals surface area (Å²) in [4.78, 5) is 27.6. The fourth-order valence-electron chi connectivity index (χ4n) is 3.31. The molecule has 0 aliphatic carbocycles. The molecule has 164 valence electrons. The second-order valence-corrected chi connectivity index (χ2v) is 7.35. The summed E-state index contributed by atoms with van der Waals surface area (Å²) in [5, 5.41) is 3.09. The zero-order chi connectivity index (χ0) is 22.4. The molecule has 0 fully saturated rings. The predicted octanol–water partition coefficient (Wildman–Crippen LogP) is 4.23. The van der Waals surface area contributed by atoms with Crippen molar-refractivity contribution in [3.63, 3.8) is 0 Å². The van der Waals surface area contributed by atoms with Crippen molar-refractivity contribution in [2.75, 3.05) is 25.1 Å². The molecule has 7 heteroatoms. The lowest BCUT2D eigenvalue weighted by molar-refractivity contribution is -0.137. The van der Waals surface area contributed by atoms with Gasteiger partial charge in [-0.15, -0.1) is 0 Å². The molecule has 2 aromatic rings. The smallest absolute Gasteiger partial charge is 0.278 e. The van der Waals surface area contributed by atoms with Crippen LogP contribution in [0.5, 0.6) is 5.75 Å². The number of halogens is 1. The van der Waals surface area contributed by atoms with E-state index < -0.39 is 17.6 Å². The van der Waals surface area contributed by atoms with Gasteiger partial charge in [0.25, 0.3) is 11.8 Å². The van der Waals surface area contributed by atoms with E-state index in [1.54, 1.807) is 12.1 Å². The van der Waals surface area contributed by atoms with E-state index in [1.807, 2.05) is 32.9 Å². The molecule has 3 rings (SSSR count). The molecule has 0 bridgehead atoms. The number of carbonyl (C=O) groups excluding carboxylic acids is 2. The van der Waals surface area contributed by atoms with Crippen molar-refractivity contribution in [2.24, 2.45) is 0 Å². The van der Waals surface area contributed by atoms with Crippen LogP contribution in [-0.2, 0) is 14.3 Å². The normalized spacial score (nSPS) is 14.0. The third-order valence-electron chi connectivity index (χ3n) is 4.72. The topological polar surface area (TPSA) is 67.9 Å². The van der Waals surface area contributed by atoms with Gasteiger partial charge in [-0.3, -0.25) is 14.5 Å². The zero-order valence-electron chi connectivity index (χ0n) is 18.0. The first kappa shape index (κ1) is 22.5. The molecule has 0 saturated carbocycles. The number of para-hydroxylation sites is 2. The average molecular weight is 426 g/mol. The monoisotopic (exact) mass is 426 g/mol. The second kappa shape index (κ2) is 10.2. The number of hydrogen-bond donors (Lipinski definition) is 1. The fourth-order valence-corrected chi connectivity index (χ4v) is 3.31. The third-order valence-corrected chi connectivity index (χ3v) is 4.72. The number of nitrogens with zero attached hydrogens (tertiary/aromatic N) is 1. The van der Waals surface area contributed by atoms with Crippen LogP contribution < -0.4 is 10.1 Å². The second-order valence-electron chi connectivity index (χ2n) is 7.35. The molecule has 0 unspecified atom stereocenters. The summed E-state index contributed by atoms with van der Waals surface area (Å²) in [5.74, 6) is -0.697. The van der Waals surface area contributed by atoms with Gasteiger partial charge in [-0.1, -0.05) is 24.3 Å². The molecule has 2 aromatic carbocycles. The van der Waals surface area contributed by atoms with E-state index >= 15 is 0 Å². The molecule has 0 atom stereocenters. The summed E-state index contributed by atoms with van der Waals surface area (Å²) < 4.78 is 24.6. The highest BCUT2D eigenvalue weighted by Gasteiger charge is 2.39. The van der Waals surface area contributed by atoms with E-state index in [0.29, 0.717) is 36.6 Å². The van der Waals surface area contributed by atoms with E-state index in [1.165, 1.54) is 29.2 Å². The molecule has 31 heavy (non-hydrogen) atoms. The molecule has 1 aliphatic heterocycles. The predicted molar refractivity (Wildman–Crippen MR) is 117 cm³/mol. The van der Waals surface area contributed by atoms with Crippen LogP contribution in [0.4, 0.5) is 10.1 Å². The number of ether oxygens (including phenoxy) is 2. The van der Waals surface area contributed by atoms with Crippen LogP contribution in [-0.4, -0.2) is 42.6 Å². The Bertz CT molecular complexity index is 970. The van der Waals surface area contributed by atoms with Gasteiger partial charge in [0.2, 0.25) is 0 Å². The van der Waals surface area contributed by atoms with Crippen LogP contribution in [0.2, 0.25) is 0 Å². The Labute approximate surface area is 181 Å². The average Bonchev–Trinajstić information content (AvgIpc) is 2.97. The highest BCUT2D eigenvalue weighted by atomic mass is 19.1. The number of hydrogen-bond acceptors (Lipinski definition) is 5. The van der Waals surface area contributed by atoms with E-state index in [2.05, 4.69) is 5.32 Å². The van der Waals surface area contributed by atoms with Gasteiger partial charge in [-0.05, 0) is 57.0 Å². The van der Waals surface area contributed by atoms with Crippen LogP contribution in [0.25, 0.3) is 5.57 Å². The van der Waals surface area contributed by atoms with Crippen LogP contribution in [0.15, 0.2) is 54.2 Å².